The lowest BCUT2D eigenvalue weighted by Gasteiger charge is -2.34. The number of cyclic esters (lactones) is 1. The van der Waals surface area contributed by atoms with Gasteiger partial charge in [0.05, 0.1) is 5.56 Å². The van der Waals surface area contributed by atoms with Crippen LogP contribution in [-0.2, 0) is 16.0 Å². The Morgan fingerprint density at radius 3 is 2.95 bits per heavy atom. The number of nitrogens with zero attached hydrogens (tertiary/aromatic N) is 1. The van der Waals surface area contributed by atoms with E-state index in [2.05, 4.69) is 6.92 Å². The highest BCUT2D eigenvalue weighted by Crippen LogP contribution is 2.23. The molecule has 2 aliphatic heterocycles. The number of hydrogen-bond donors (Lipinski definition) is 0. The zero-order valence-corrected chi connectivity index (χ0v) is 11.7. The predicted molar refractivity (Wildman–Crippen MR) is 74.3 cm³/mol. The molecule has 20 heavy (non-hydrogen) atoms. The Labute approximate surface area is 118 Å². The van der Waals surface area contributed by atoms with Crippen LogP contribution in [0.5, 0.6) is 0 Å². The molecule has 0 N–H and O–H groups in total. The number of benzene rings is 1. The van der Waals surface area contributed by atoms with Crippen LogP contribution in [-0.4, -0.2) is 36.0 Å². The van der Waals surface area contributed by atoms with Crippen molar-refractivity contribution in [3.8, 4) is 0 Å². The molecule has 2 aliphatic rings. The van der Waals surface area contributed by atoms with Gasteiger partial charge < -0.3 is 9.64 Å². The summed E-state index contributed by atoms with van der Waals surface area (Å²) in [6, 6.07) is 7.35. The average Bonchev–Trinajstić information content (AvgIpc) is 2.46. The summed E-state index contributed by atoms with van der Waals surface area (Å²) in [5.74, 6) is 0.105. The van der Waals surface area contributed by atoms with Crippen LogP contribution < -0.4 is 0 Å². The maximum Gasteiger partial charge on any atom is 0.339 e. The molecule has 0 saturated carbocycles. The molecule has 106 valence electrons. The molecule has 0 aromatic heterocycles. The maximum absolute atomic E-state index is 12.5. The molecule has 2 atom stereocenters. The summed E-state index contributed by atoms with van der Waals surface area (Å²) < 4.78 is 5.33. The zero-order chi connectivity index (χ0) is 14.1. The summed E-state index contributed by atoms with van der Waals surface area (Å²) in [4.78, 5) is 26.3. The van der Waals surface area contributed by atoms with E-state index >= 15 is 0 Å². The zero-order valence-electron chi connectivity index (χ0n) is 11.7. The van der Waals surface area contributed by atoms with E-state index in [0.717, 1.165) is 31.5 Å². The van der Waals surface area contributed by atoms with Gasteiger partial charge in [0.25, 0.3) is 5.91 Å². The topological polar surface area (TPSA) is 46.6 Å². The first-order chi connectivity index (χ1) is 9.65. The van der Waals surface area contributed by atoms with Gasteiger partial charge in [-0.15, -0.1) is 0 Å². The first-order valence-electron chi connectivity index (χ1n) is 7.23. The smallest absolute Gasteiger partial charge is 0.339 e. The number of piperidine rings is 1. The molecule has 0 spiro atoms. The quantitative estimate of drug-likeness (QED) is 0.735. The van der Waals surface area contributed by atoms with Gasteiger partial charge in [-0.3, -0.25) is 4.79 Å². The van der Waals surface area contributed by atoms with Crippen LogP contribution in [0.25, 0.3) is 0 Å². The number of carbonyl (C=O) groups is 2. The Balaban J connectivity index is 1.76. The van der Waals surface area contributed by atoms with E-state index in [9.17, 15) is 9.59 Å². The number of ether oxygens (including phenoxy) is 1. The van der Waals surface area contributed by atoms with Crippen molar-refractivity contribution in [1.29, 1.82) is 0 Å². The fourth-order valence-corrected chi connectivity index (χ4v) is 3.06. The number of hydrogen-bond acceptors (Lipinski definition) is 3. The number of fused-ring (bicyclic) bond motifs is 1. The van der Waals surface area contributed by atoms with Gasteiger partial charge in [0.2, 0.25) is 0 Å². The molecule has 1 aromatic rings. The van der Waals surface area contributed by atoms with Gasteiger partial charge in [-0.05, 0) is 30.4 Å². The molecule has 3 rings (SSSR count). The molecular weight excluding hydrogens is 254 g/mol. The largest absolute Gasteiger partial charge is 0.448 e. The highest BCUT2D eigenvalue weighted by Gasteiger charge is 2.34. The van der Waals surface area contributed by atoms with Crippen molar-refractivity contribution in [3.05, 3.63) is 35.4 Å². The summed E-state index contributed by atoms with van der Waals surface area (Å²) in [5.41, 5.74) is 1.50. The lowest BCUT2D eigenvalue weighted by atomic mass is 9.96. The van der Waals surface area contributed by atoms with Gasteiger partial charge in [-0.25, -0.2) is 4.79 Å². The number of likely N-dealkylation sites (tertiary alicyclic amines) is 1. The number of carbonyl (C=O) groups excluding carboxylic acids is 2. The van der Waals surface area contributed by atoms with E-state index in [0.29, 0.717) is 17.9 Å². The molecule has 1 amide bonds. The highest BCUT2D eigenvalue weighted by atomic mass is 16.5. The van der Waals surface area contributed by atoms with Crippen LogP contribution in [0.3, 0.4) is 0 Å². The third-order valence-corrected chi connectivity index (χ3v) is 4.14. The predicted octanol–water partition coefficient (Wildman–Crippen LogP) is 2.03. The molecule has 2 heterocycles. The lowest BCUT2D eigenvalue weighted by Crippen LogP contribution is -2.47. The second-order valence-electron chi connectivity index (χ2n) is 5.79. The van der Waals surface area contributed by atoms with Crippen molar-refractivity contribution in [2.24, 2.45) is 5.92 Å². The number of rotatable bonds is 1. The van der Waals surface area contributed by atoms with Gasteiger partial charge in [0.1, 0.15) is 0 Å². The third kappa shape index (κ3) is 2.42. The van der Waals surface area contributed by atoms with Crippen molar-refractivity contribution in [2.75, 3.05) is 13.1 Å². The molecule has 1 saturated heterocycles. The summed E-state index contributed by atoms with van der Waals surface area (Å²) in [6.07, 6.45) is 2.04. The van der Waals surface area contributed by atoms with E-state index < -0.39 is 6.10 Å². The van der Waals surface area contributed by atoms with Crippen LogP contribution >= 0.6 is 0 Å². The second-order valence-corrected chi connectivity index (χ2v) is 5.79. The van der Waals surface area contributed by atoms with Crippen LogP contribution in [0.1, 0.15) is 35.7 Å². The van der Waals surface area contributed by atoms with Crippen LogP contribution in [0.4, 0.5) is 0 Å². The second kappa shape index (κ2) is 5.27. The van der Waals surface area contributed by atoms with E-state index in [4.69, 9.17) is 4.74 Å². The highest BCUT2D eigenvalue weighted by molar-refractivity contribution is 5.95. The van der Waals surface area contributed by atoms with Crippen molar-refractivity contribution >= 4 is 11.9 Å². The first kappa shape index (κ1) is 13.2. The molecule has 2 unspecified atom stereocenters. The van der Waals surface area contributed by atoms with Gasteiger partial charge in [-0.1, -0.05) is 25.1 Å². The van der Waals surface area contributed by atoms with Crippen LogP contribution in [0.2, 0.25) is 0 Å². The molecular formula is C16H19NO3. The average molecular weight is 273 g/mol. The Morgan fingerprint density at radius 2 is 2.15 bits per heavy atom. The van der Waals surface area contributed by atoms with Gasteiger partial charge in [0.15, 0.2) is 6.10 Å². The molecule has 1 aromatic carbocycles. The normalized spacial score (nSPS) is 25.9. The number of amides is 1. The summed E-state index contributed by atoms with van der Waals surface area (Å²) in [5, 5.41) is 0. The summed E-state index contributed by atoms with van der Waals surface area (Å²) >= 11 is 0. The third-order valence-electron chi connectivity index (χ3n) is 4.14. The molecule has 0 radical (unpaired) electrons. The van der Waals surface area contributed by atoms with Gasteiger partial charge >= 0.3 is 5.97 Å². The molecule has 0 aliphatic carbocycles. The van der Waals surface area contributed by atoms with Crippen molar-refractivity contribution < 1.29 is 14.3 Å². The Morgan fingerprint density at radius 1 is 1.35 bits per heavy atom. The van der Waals surface area contributed by atoms with E-state index in [1.807, 2.05) is 23.1 Å². The molecule has 0 bridgehead atoms. The Bertz CT molecular complexity index is 540. The maximum atomic E-state index is 12.5. The number of esters is 1. The molecule has 4 nitrogen and oxygen atoms in total. The fraction of sp³-hybridized carbons (Fsp3) is 0.500. The van der Waals surface area contributed by atoms with E-state index in [1.165, 1.54) is 0 Å². The van der Waals surface area contributed by atoms with Gasteiger partial charge in [0, 0.05) is 19.5 Å². The Kier molecular flexibility index (Phi) is 3.47. The lowest BCUT2D eigenvalue weighted by molar-refractivity contribution is -0.142. The molecule has 4 heteroatoms. The minimum atomic E-state index is -0.650. The minimum absolute atomic E-state index is 0.0422. The Hall–Kier alpha value is -1.84. The molecule has 1 fully saturated rings. The summed E-state index contributed by atoms with van der Waals surface area (Å²) in [6.45, 7) is 3.70. The SMILES string of the molecule is CC1CCCN(C(=O)C2Cc3ccccc3C(=O)O2)C1. The standard InChI is InChI=1S/C16H19NO3/c1-11-5-4-8-17(10-11)15(18)14-9-12-6-2-3-7-13(12)16(19)20-14/h2-3,6-7,11,14H,4-5,8-10H2,1H3. The van der Waals surface area contributed by atoms with Crippen molar-refractivity contribution in [3.63, 3.8) is 0 Å². The monoisotopic (exact) mass is 273 g/mol. The van der Waals surface area contributed by atoms with Crippen molar-refractivity contribution in [2.45, 2.75) is 32.3 Å². The van der Waals surface area contributed by atoms with E-state index in [1.54, 1.807) is 6.07 Å². The van der Waals surface area contributed by atoms with Crippen LogP contribution in [0, 0.1) is 5.92 Å². The van der Waals surface area contributed by atoms with Gasteiger partial charge in [-0.2, -0.15) is 0 Å². The fourth-order valence-electron chi connectivity index (χ4n) is 3.06. The van der Waals surface area contributed by atoms with Crippen LogP contribution in [0.15, 0.2) is 24.3 Å². The first-order valence-corrected chi connectivity index (χ1v) is 7.23. The minimum Gasteiger partial charge on any atom is -0.448 e. The van der Waals surface area contributed by atoms with E-state index in [-0.39, 0.29) is 11.9 Å². The van der Waals surface area contributed by atoms with Crippen molar-refractivity contribution in [1.82, 2.24) is 4.90 Å². The summed E-state index contributed by atoms with van der Waals surface area (Å²) in [7, 11) is 0.